The Balaban J connectivity index is 1.50. The lowest BCUT2D eigenvalue weighted by atomic mass is 9.81. The number of hydrogen-bond acceptors (Lipinski definition) is 4. The molecule has 200 valence electrons. The molecule has 1 amide bonds. The number of esters is 1. The summed E-state index contributed by atoms with van der Waals surface area (Å²) in [5.41, 5.74) is -1.18. The van der Waals surface area contributed by atoms with Gasteiger partial charge >= 0.3 is 5.97 Å². The van der Waals surface area contributed by atoms with Crippen LogP contribution in [0.2, 0.25) is 0 Å². The van der Waals surface area contributed by atoms with Gasteiger partial charge in [-0.1, -0.05) is 97.1 Å². The van der Waals surface area contributed by atoms with Gasteiger partial charge in [0.25, 0.3) is 11.5 Å². The monoisotopic (exact) mass is 556 g/mol. The second-order valence-corrected chi connectivity index (χ2v) is 13.3. The molecule has 1 aliphatic rings. The van der Waals surface area contributed by atoms with E-state index in [0.717, 1.165) is 15.9 Å². The Morgan fingerprint density at radius 3 is 1.56 bits per heavy atom. The van der Waals surface area contributed by atoms with Gasteiger partial charge in [0, 0.05) is 11.1 Å². The molecule has 0 radical (unpaired) electrons. The molecule has 0 bridgehead atoms. The van der Waals surface area contributed by atoms with Crippen LogP contribution < -0.4 is 21.2 Å². The molecular formula is C35H27NO4P+. The van der Waals surface area contributed by atoms with Crippen LogP contribution in [0.1, 0.15) is 15.9 Å². The number of anilines is 1. The van der Waals surface area contributed by atoms with Crippen LogP contribution >= 0.6 is 7.26 Å². The molecule has 0 aromatic heterocycles. The molecule has 1 atom stereocenters. The number of ketones is 1. The number of hydrogen-bond donors (Lipinski definition) is 1. The lowest BCUT2D eigenvalue weighted by Crippen LogP contribution is -2.54. The average Bonchev–Trinajstić information content (AvgIpc) is 3.03. The van der Waals surface area contributed by atoms with Crippen LogP contribution in [-0.2, 0) is 19.9 Å². The molecule has 1 N–H and O–H groups in total. The topological polar surface area (TPSA) is 72.5 Å². The van der Waals surface area contributed by atoms with Gasteiger partial charge in [-0.2, -0.15) is 0 Å². The highest BCUT2D eigenvalue weighted by molar-refractivity contribution is 7.96. The Morgan fingerprint density at radius 2 is 1.05 bits per heavy atom. The van der Waals surface area contributed by atoms with Gasteiger partial charge in [-0.25, -0.2) is 4.79 Å². The van der Waals surface area contributed by atoms with Crippen LogP contribution in [-0.4, -0.2) is 23.8 Å². The van der Waals surface area contributed by atoms with Crippen molar-refractivity contribution in [3.05, 3.63) is 157 Å². The third-order valence-electron chi connectivity index (χ3n) is 7.46. The molecular weight excluding hydrogens is 529 g/mol. The van der Waals surface area contributed by atoms with Crippen molar-refractivity contribution >= 4 is 46.5 Å². The van der Waals surface area contributed by atoms with Crippen LogP contribution in [0.5, 0.6) is 0 Å². The van der Waals surface area contributed by atoms with Crippen LogP contribution in [0.4, 0.5) is 5.69 Å². The van der Waals surface area contributed by atoms with E-state index in [-0.39, 0.29) is 6.16 Å². The van der Waals surface area contributed by atoms with Crippen LogP contribution in [0, 0.1) is 0 Å². The molecule has 0 saturated heterocycles. The molecule has 0 saturated carbocycles. The smallest absolute Gasteiger partial charge is 0.346 e. The van der Waals surface area contributed by atoms with E-state index in [2.05, 4.69) is 5.32 Å². The lowest BCUT2D eigenvalue weighted by Gasteiger charge is -2.36. The second-order valence-electron chi connectivity index (χ2n) is 9.82. The number of amides is 1. The molecule has 6 rings (SSSR count). The van der Waals surface area contributed by atoms with Crippen LogP contribution in [0.25, 0.3) is 0 Å². The molecule has 0 aliphatic carbocycles. The minimum Gasteiger partial charge on any atom is -0.433 e. The summed E-state index contributed by atoms with van der Waals surface area (Å²) < 4.78 is 6.19. The van der Waals surface area contributed by atoms with E-state index in [9.17, 15) is 14.4 Å². The van der Waals surface area contributed by atoms with E-state index in [1.54, 1.807) is 54.6 Å². The third-order valence-corrected chi connectivity index (χ3v) is 11.7. The zero-order valence-electron chi connectivity index (χ0n) is 22.1. The Kier molecular flexibility index (Phi) is 7.05. The highest BCUT2D eigenvalue weighted by Gasteiger charge is 2.57. The van der Waals surface area contributed by atoms with Crippen molar-refractivity contribution in [3.8, 4) is 0 Å². The lowest BCUT2D eigenvalue weighted by molar-refractivity contribution is -0.160. The van der Waals surface area contributed by atoms with Crippen molar-refractivity contribution in [2.45, 2.75) is 5.60 Å². The fraction of sp³-hybridized carbons (Fsp3) is 0.0571. The van der Waals surface area contributed by atoms with E-state index in [1.165, 1.54) is 0 Å². The van der Waals surface area contributed by atoms with E-state index >= 15 is 0 Å². The maximum atomic E-state index is 14.3. The van der Waals surface area contributed by atoms with Crippen molar-refractivity contribution in [1.82, 2.24) is 0 Å². The summed E-state index contributed by atoms with van der Waals surface area (Å²) in [6.45, 7) is 0. The summed E-state index contributed by atoms with van der Waals surface area (Å²) in [5.74, 6) is -1.90. The van der Waals surface area contributed by atoms with E-state index < -0.39 is 30.5 Å². The zero-order chi connectivity index (χ0) is 28.3. The van der Waals surface area contributed by atoms with Gasteiger partial charge < -0.3 is 10.1 Å². The maximum absolute atomic E-state index is 14.3. The molecule has 0 fully saturated rings. The number of fused-ring (bicyclic) bond motifs is 1. The summed E-state index contributed by atoms with van der Waals surface area (Å²) in [7, 11) is -2.62. The number of carbonyl (C=O) groups is 3. The predicted octanol–water partition coefficient (Wildman–Crippen LogP) is 5.25. The molecule has 0 spiro atoms. The fourth-order valence-corrected chi connectivity index (χ4v) is 9.48. The number of Topliss-reactive ketones (excluding diaryl/α,β-unsaturated/α-hetero) is 1. The number of ether oxygens (including phenoxy) is 1. The Labute approximate surface area is 239 Å². The summed E-state index contributed by atoms with van der Waals surface area (Å²) >= 11 is 0. The van der Waals surface area contributed by atoms with Crippen LogP contribution in [0.3, 0.4) is 0 Å². The van der Waals surface area contributed by atoms with Gasteiger partial charge in [0.1, 0.15) is 23.2 Å². The predicted molar refractivity (Wildman–Crippen MR) is 164 cm³/mol. The molecule has 5 aromatic rings. The molecule has 5 aromatic carbocycles. The van der Waals surface area contributed by atoms with Gasteiger partial charge in [0.15, 0.2) is 6.16 Å². The normalized spacial score (nSPS) is 16.4. The number of rotatable bonds is 7. The molecule has 1 heterocycles. The second kappa shape index (κ2) is 11.0. The molecule has 1 unspecified atom stereocenters. The quantitative estimate of drug-likeness (QED) is 0.169. The van der Waals surface area contributed by atoms with Crippen molar-refractivity contribution in [3.63, 3.8) is 0 Å². The summed E-state index contributed by atoms with van der Waals surface area (Å²) in [5, 5.41) is 5.80. The third kappa shape index (κ3) is 4.55. The highest BCUT2D eigenvalue weighted by atomic mass is 31.2. The zero-order valence-corrected chi connectivity index (χ0v) is 23.0. The van der Waals surface area contributed by atoms with Crippen molar-refractivity contribution in [1.29, 1.82) is 0 Å². The van der Waals surface area contributed by atoms with E-state index in [4.69, 9.17) is 4.74 Å². The van der Waals surface area contributed by atoms with E-state index in [1.807, 2.05) is 91.0 Å². The number of para-hydroxylation sites is 1. The molecule has 5 nitrogen and oxygen atoms in total. The minimum absolute atomic E-state index is 0.0399. The summed E-state index contributed by atoms with van der Waals surface area (Å²) in [4.78, 5) is 42.2. The number of nitrogens with one attached hydrogen (secondary N) is 1. The minimum atomic E-state index is -2.62. The summed E-state index contributed by atoms with van der Waals surface area (Å²) in [6, 6.07) is 45.1. The van der Waals surface area contributed by atoms with E-state index in [0.29, 0.717) is 16.8 Å². The van der Waals surface area contributed by atoms with Gasteiger partial charge in [0.05, 0.1) is 5.69 Å². The first-order valence-electron chi connectivity index (χ1n) is 13.3. The van der Waals surface area contributed by atoms with Gasteiger partial charge in [-0.05, 0) is 48.5 Å². The molecule has 6 heteroatoms. The van der Waals surface area contributed by atoms with Crippen LogP contribution in [0.15, 0.2) is 146 Å². The molecule has 41 heavy (non-hydrogen) atoms. The standard InChI is InChI=1S/C35H26NO4P/c37-32(40-35(26-15-5-1-6-16-26)33(38)30-23-13-14-24-31(30)36-34(35)39)25-41(27-17-7-2-8-18-27,28-19-9-3-10-20-28)29-21-11-4-12-22-29/h1-24H,25H2/p+1. The summed E-state index contributed by atoms with van der Waals surface area (Å²) in [6.07, 6.45) is -0.0399. The first-order chi connectivity index (χ1) is 20.1. The van der Waals surface area contributed by atoms with Crippen molar-refractivity contribution in [2.24, 2.45) is 0 Å². The Hall–Kier alpha value is -4.86. The fourth-order valence-electron chi connectivity index (χ4n) is 5.55. The average molecular weight is 557 g/mol. The highest BCUT2D eigenvalue weighted by Crippen LogP contribution is 2.55. The first kappa shape index (κ1) is 26.4. The SMILES string of the molecule is O=C(C[P+](c1ccccc1)(c1ccccc1)c1ccccc1)OC1(c2ccccc2)C(=O)Nc2ccccc2C1=O. The first-order valence-corrected chi connectivity index (χ1v) is 15.3. The maximum Gasteiger partial charge on any atom is 0.346 e. The molecule has 1 aliphatic heterocycles. The van der Waals surface area contributed by atoms with Crippen molar-refractivity contribution in [2.75, 3.05) is 11.5 Å². The van der Waals surface area contributed by atoms with Gasteiger partial charge in [0.2, 0.25) is 5.78 Å². The van der Waals surface area contributed by atoms with Crippen molar-refractivity contribution < 1.29 is 19.1 Å². The number of benzene rings is 5. The Morgan fingerprint density at radius 1 is 0.610 bits per heavy atom. The number of carbonyl (C=O) groups excluding carboxylic acids is 3. The van der Waals surface area contributed by atoms with Gasteiger partial charge in [-0.3, -0.25) is 9.59 Å². The van der Waals surface area contributed by atoms with Gasteiger partial charge in [-0.15, -0.1) is 0 Å². The Bertz CT molecular complexity index is 1610. The largest absolute Gasteiger partial charge is 0.433 e.